The van der Waals surface area contributed by atoms with Gasteiger partial charge in [-0.15, -0.1) is 0 Å². The summed E-state index contributed by atoms with van der Waals surface area (Å²) < 4.78 is 15.5. The van der Waals surface area contributed by atoms with Gasteiger partial charge in [-0.25, -0.2) is 4.98 Å². The highest BCUT2D eigenvalue weighted by molar-refractivity contribution is 6.98. The van der Waals surface area contributed by atoms with Crippen LogP contribution in [0.2, 0.25) is 0 Å². The van der Waals surface area contributed by atoms with Gasteiger partial charge in [0, 0.05) is 17.2 Å². The fourth-order valence-electron chi connectivity index (χ4n) is 7.39. The van der Waals surface area contributed by atoms with Crippen molar-refractivity contribution in [1.29, 1.82) is 0 Å². The Morgan fingerprint density at radius 1 is 0.646 bits per heavy atom. The number of hydrogen-bond acceptors (Lipinski definition) is 4. The van der Waals surface area contributed by atoms with E-state index in [0.29, 0.717) is 0 Å². The molecule has 0 unspecified atom stereocenters. The lowest BCUT2D eigenvalue weighted by Crippen LogP contribution is -2.57. The Morgan fingerprint density at radius 2 is 1.29 bits per heavy atom. The van der Waals surface area contributed by atoms with Crippen molar-refractivity contribution >= 4 is 34.1 Å². The number of hydrogen-bond donors (Lipinski definition) is 0. The molecule has 0 spiro atoms. The van der Waals surface area contributed by atoms with Crippen molar-refractivity contribution in [3.63, 3.8) is 0 Å². The highest BCUT2D eigenvalue weighted by Crippen LogP contribution is 2.38. The van der Waals surface area contributed by atoms with Crippen LogP contribution >= 0.6 is 0 Å². The molecule has 2 aliphatic heterocycles. The number of benzene rings is 5. The predicted octanol–water partition coefficient (Wildman–Crippen LogP) is 8.40. The van der Waals surface area contributed by atoms with Gasteiger partial charge in [-0.1, -0.05) is 69.3 Å². The molecule has 2 aliphatic rings. The summed E-state index contributed by atoms with van der Waals surface area (Å²) in [5.74, 6) is 4.24. The first kappa shape index (κ1) is 28.6. The fraction of sp³-hybridized carbons (Fsp3) is 0.143. The second-order valence-corrected chi connectivity index (χ2v) is 14.0. The zero-order valence-electron chi connectivity index (χ0n) is 27.7. The number of imidazole rings is 1. The first-order valence-electron chi connectivity index (χ1n) is 16.5. The van der Waals surface area contributed by atoms with Crippen molar-refractivity contribution in [2.24, 2.45) is 0 Å². The van der Waals surface area contributed by atoms with Gasteiger partial charge in [0.2, 0.25) is 0 Å². The molecule has 0 amide bonds. The maximum atomic E-state index is 6.59. The van der Waals surface area contributed by atoms with Gasteiger partial charge in [-0.2, -0.15) is 0 Å². The molecule has 0 saturated heterocycles. The molecule has 0 aliphatic carbocycles. The zero-order valence-corrected chi connectivity index (χ0v) is 27.7. The van der Waals surface area contributed by atoms with Gasteiger partial charge in [0.05, 0.1) is 22.4 Å². The van der Waals surface area contributed by atoms with E-state index in [1.165, 1.54) is 16.7 Å². The Kier molecular flexibility index (Phi) is 6.22. The van der Waals surface area contributed by atoms with Crippen LogP contribution in [0.15, 0.2) is 115 Å². The van der Waals surface area contributed by atoms with Gasteiger partial charge >= 0.3 is 0 Å². The molecule has 5 nitrogen and oxygen atoms in total. The Morgan fingerprint density at radius 3 is 2.00 bits per heavy atom. The Labute approximate surface area is 280 Å². The topological polar surface area (TPSA) is 49.2 Å². The average Bonchev–Trinajstić information content (AvgIpc) is 3.46. The third kappa shape index (κ3) is 4.40. The summed E-state index contributed by atoms with van der Waals surface area (Å²) in [6.07, 6.45) is 1.91. The van der Waals surface area contributed by atoms with Crippen molar-refractivity contribution in [2.45, 2.75) is 40.0 Å². The van der Waals surface area contributed by atoms with Crippen molar-refractivity contribution in [3.8, 4) is 51.3 Å². The van der Waals surface area contributed by atoms with Crippen molar-refractivity contribution in [1.82, 2.24) is 14.5 Å². The Bertz CT molecular complexity index is 2400. The number of fused-ring (bicyclic) bond motifs is 5. The predicted molar refractivity (Wildman–Crippen MR) is 196 cm³/mol. The van der Waals surface area contributed by atoms with Crippen LogP contribution in [0, 0.1) is 13.8 Å². The maximum absolute atomic E-state index is 6.59. The van der Waals surface area contributed by atoms with E-state index in [1.54, 1.807) is 0 Å². The minimum atomic E-state index is -0.0903. The molecule has 48 heavy (non-hydrogen) atoms. The molecule has 0 atom stereocenters. The molecule has 0 bridgehead atoms. The summed E-state index contributed by atoms with van der Waals surface area (Å²) in [5.41, 5.74) is 13.2. The van der Waals surface area contributed by atoms with Crippen LogP contribution in [-0.2, 0) is 5.41 Å². The van der Waals surface area contributed by atoms with Gasteiger partial charge in [0.1, 0.15) is 28.8 Å². The lowest BCUT2D eigenvalue weighted by molar-refractivity contribution is 0.464. The van der Waals surface area contributed by atoms with E-state index in [2.05, 4.69) is 130 Å². The summed E-state index contributed by atoms with van der Waals surface area (Å²) >= 11 is 0. The standard InChI is InChI=1S/C42H34BN3O2/c1-25-10-8-11-26(2)40(25)46-34-13-7-6-12-32(34)45-41(46)28-17-19-36-31(23-28)43-30-22-27(33-24-29(20-21-44-33)42(3,4)5)16-18-35(30)47-37-14-9-15-38(48-36)39(37)43/h6-24H,1-5H3. The number of aromatic nitrogens is 3. The molecule has 2 aromatic heterocycles. The van der Waals surface area contributed by atoms with Crippen LogP contribution in [-0.4, -0.2) is 21.2 Å². The lowest BCUT2D eigenvalue weighted by Gasteiger charge is -2.33. The maximum Gasteiger partial charge on any atom is 0.260 e. The van der Waals surface area contributed by atoms with Crippen LogP contribution in [0.1, 0.15) is 37.5 Å². The van der Waals surface area contributed by atoms with Crippen molar-refractivity contribution < 1.29 is 9.47 Å². The van der Waals surface area contributed by atoms with E-state index >= 15 is 0 Å². The molecular weight excluding hydrogens is 589 g/mol. The molecule has 7 aromatic rings. The molecule has 0 saturated carbocycles. The van der Waals surface area contributed by atoms with Gasteiger partial charge in [-0.3, -0.25) is 9.55 Å². The Balaban J connectivity index is 1.25. The quantitative estimate of drug-likeness (QED) is 0.186. The molecule has 6 heteroatoms. The largest absolute Gasteiger partial charge is 0.458 e. The molecule has 0 fully saturated rings. The molecule has 0 N–H and O–H groups in total. The van der Waals surface area contributed by atoms with Crippen molar-refractivity contribution in [2.75, 3.05) is 0 Å². The van der Waals surface area contributed by atoms with Crippen molar-refractivity contribution in [3.05, 3.63) is 132 Å². The number of nitrogens with zero attached hydrogens (tertiary/aromatic N) is 3. The molecule has 4 heterocycles. The summed E-state index contributed by atoms with van der Waals surface area (Å²) in [6, 6.07) is 38.2. The van der Waals surface area contributed by atoms with E-state index in [-0.39, 0.29) is 12.1 Å². The zero-order chi connectivity index (χ0) is 32.7. The SMILES string of the molecule is Cc1cccc(C)c1-n1c(-c2ccc3c(c2)B2c4cc(-c5cc(C(C)(C)C)ccn5)ccc4Oc4cccc(c42)O3)nc2ccccc21. The number of rotatable bonds is 3. The summed E-state index contributed by atoms with van der Waals surface area (Å²) in [4.78, 5) is 10.0. The average molecular weight is 624 g/mol. The van der Waals surface area contributed by atoms with E-state index in [9.17, 15) is 0 Å². The van der Waals surface area contributed by atoms with E-state index in [1.807, 2.05) is 24.4 Å². The van der Waals surface area contributed by atoms with Gasteiger partial charge in [0.25, 0.3) is 6.71 Å². The van der Waals surface area contributed by atoms with Gasteiger partial charge in [0.15, 0.2) is 0 Å². The van der Waals surface area contributed by atoms with Crippen LogP contribution in [0.25, 0.3) is 39.4 Å². The fourth-order valence-corrected chi connectivity index (χ4v) is 7.39. The van der Waals surface area contributed by atoms with E-state index < -0.39 is 0 Å². The smallest absolute Gasteiger partial charge is 0.260 e. The molecule has 232 valence electrons. The van der Waals surface area contributed by atoms with Gasteiger partial charge < -0.3 is 9.47 Å². The number of ether oxygens (including phenoxy) is 2. The summed E-state index contributed by atoms with van der Waals surface area (Å²) in [7, 11) is 0. The minimum Gasteiger partial charge on any atom is -0.458 e. The third-order valence-electron chi connectivity index (χ3n) is 9.80. The first-order valence-corrected chi connectivity index (χ1v) is 16.5. The monoisotopic (exact) mass is 623 g/mol. The second-order valence-electron chi connectivity index (χ2n) is 14.0. The normalized spacial score (nSPS) is 13.0. The molecular formula is C42H34BN3O2. The van der Waals surface area contributed by atoms with Crippen LogP contribution < -0.4 is 25.9 Å². The van der Waals surface area contributed by atoms with E-state index in [0.717, 1.165) is 78.8 Å². The number of pyridine rings is 1. The number of aryl methyl sites for hydroxylation is 2. The highest BCUT2D eigenvalue weighted by atomic mass is 16.5. The van der Waals surface area contributed by atoms with Gasteiger partial charge in [-0.05, 0) is 113 Å². The molecule has 0 radical (unpaired) electrons. The van der Waals surface area contributed by atoms with Crippen LogP contribution in [0.3, 0.4) is 0 Å². The Hall–Kier alpha value is -5.62. The second kappa shape index (κ2) is 10.4. The van der Waals surface area contributed by atoms with Crippen LogP contribution in [0.4, 0.5) is 0 Å². The summed E-state index contributed by atoms with van der Waals surface area (Å²) in [5, 5.41) is 0. The lowest BCUT2D eigenvalue weighted by atomic mass is 9.34. The molecule has 5 aromatic carbocycles. The summed E-state index contributed by atoms with van der Waals surface area (Å²) in [6.45, 7) is 10.9. The highest BCUT2D eigenvalue weighted by Gasteiger charge is 2.40. The first-order chi connectivity index (χ1) is 23.2. The number of para-hydroxylation sites is 3. The third-order valence-corrected chi connectivity index (χ3v) is 9.80. The minimum absolute atomic E-state index is 0.0201. The van der Waals surface area contributed by atoms with Crippen LogP contribution in [0.5, 0.6) is 23.0 Å². The molecule has 9 rings (SSSR count). The van der Waals surface area contributed by atoms with E-state index in [4.69, 9.17) is 19.4 Å².